The summed E-state index contributed by atoms with van der Waals surface area (Å²) in [6.45, 7) is 3.38. The normalized spacial score (nSPS) is 10.4. The molecule has 5 heteroatoms. The fraction of sp³-hybridized carbons (Fsp3) is 0.556. The molecule has 5 nitrogen and oxygen atoms in total. The summed E-state index contributed by atoms with van der Waals surface area (Å²) in [6, 6.07) is 0. The maximum Gasteiger partial charge on any atom is 0.328 e. The molecule has 0 saturated carbocycles. The average molecular weight is 200 g/mol. The molecule has 0 heterocycles. The van der Waals surface area contributed by atoms with E-state index in [0.717, 1.165) is 18.6 Å². The van der Waals surface area contributed by atoms with E-state index < -0.39 is 5.97 Å². The van der Waals surface area contributed by atoms with Gasteiger partial charge in [0.25, 0.3) is 0 Å². The fourth-order valence-corrected chi connectivity index (χ4v) is 1.01. The Hall–Kier alpha value is -1.36. The number of carboxylic acids is 1. The molecule has 0 unspecified atom stereocenters. The Morgan fingerprint density at radius 1 is 1.36 bits per heavy atom. The zero-order valence-electron chi connectivity index (χ0n) is 8.27. The number of carboxylic acid groups (broad SMARTS) is 1. The second kappa shape index (κ2) is 7.08. The van der Waals surface area contributed by atoms with Gasteiger partial charge in [-0.05, 0) is 6.42 Å². The maximum absolute atomic E-state index is 11.3. The largest absolute Gasteiger partial charge is 0.478 e. The molecule has 0 aromatic rings. The van der Waals surface area contributed by atoms with Crippen molar-refractivity contribution >= 4 is 11.9 Å². The molecule has 0 rings (SSSR count). The summed E-state index contributed by atoms with van der Waals surface area (Å²) < 4.78 is 0. The third-order valence-electron chi connectivity index (χ3n) is 1.57. The molecule has 80 valence electrons. The highest BCUT2D eigenvalue weighted by molar-refractivity contribution is 5.93. The lowest BCUT2D eigenvalue weighted by atomic mass is 10.3. The second-order valence-corrected chi connectivity index (χ2v) is 2.79. The lowest BCUT2D eigenvalue weighted by Crippen LogP contribution is -2.34. The first kappa shape index (κ1) is 12.6. The van der Waals surface area contributed by atoms with E-state index in [0.29, 0.717) is 19.6 Å². The number of nitrogens with zero attached hydrogens (tertiary/aromatic N) is 1. The zero-order chi connectivity index (χ0) is 11.0. The molecular formula is C9H16N2O3. The molecule has 0 radical (unpaired) electrons. The number of amides is 1. The van der Waals surface area contributed by atoms with Crippen LogP contribution in [0.15, 0.2) is 12.2 Å². The van der Waals surface area contributed by atoms with Gasteiger partial charge in [-0.1, -0.05) is 6.92 Å². The van der Waals surface area contributed by atoms with E-state index in [-0.39, 0.29) is 5.91 Å². The monoisotopic (exact) mass is 200 g/mol. The van der Waals surface area contributed by atoms with Crippen molar-refractivity contribution in [1.29, 1.82) is 0 Å². The minimum atomic E-state index is -1.12. The van der Waals surface area contributed by atoms with Crippen molar-refractivity contribution in [2.75, 3.05) is 19.6 Å². The Morgan fingerprint density at radius 3 is 2.43 bits per heavy atom. The van der Waals surface area contributed by atoms with Gasteiger partial charge in [0.05, 0.1) is 0 Å². The van der Waals surface area contributed by atoms with Crippen LogP contribution >= 0.6 is 0 Å². The number of nitrogens with two attached hydrogens (primary N) is 1. The Labute approximate surface area is 83.2 Å². The van der Waals surface area contributed by atoms with Crippen molar-refractivity contribution in [2.45, 2.75) is 13.3 Å². The first-order valence-corrected chi connectivity index (χ1v) is 4.51. The van der Waals surface area contributed by atoms with E-state index in [9.17, 15) is 9.59 Å². The third kappa shape index (κ3) is 5.31. The zero-order valence-corrected chi connectivity index (χ0v) is 8.27. The molecule has 0 saturated heterocycles. The van der Waals surface area contributed by atoms with Gasteiger partial charge in [0.1, 0.15) is 0 Å². The van der Waals surface area contributed by atoms with Crippen LogP contribution in [0.5, 0.6) is 0 Å². The van der Waals surface area contributed by atoms with Gasteiger partial charge in [0.2, 0.25) is 5.91 Å². The van der Waals surface area contributed by atoms with Crippen molar-refractivity contribution in [3.8, 4) is 0 Å². The summed E-state index contributed by atoms with van der Waals surface area (Å²) >= 11 is 0. The van der Waals surface area contributed by atoms with Gasteiger partial charge in [-0.15, -0.1) is 0 Å². The fourth-order valence-electron chi connectivity index (χ4n) is 1.01. The van der Waals surface area contributed by atoms with E-state index in [2.05, 4.69) is 0 Å². The molecule has 0 spiro atoms. The third-order valence-corrected chi connectivity index (χ3v) is 1.57. The minimum Gasteiger partial charge on any atom is -0.478 e. The molecule has 0 aliphatic carbocycles. The van der Waals surface area contributed by atoms with Gasteiger partial charge in [-0.3, -0.25) is 4.79 Å². The Kier molecular flexibility index (Phi) is 6.39. The smallest absolute Gasteiger partial charge is 0.328 e. The molecule has 0 aliphatic rings. The second-order valence-electron chi connectivity index (χ2n) is 2.79. The van der Waals surface area contributed by atoms with E-state index >= 15 is 0 Å². The number of carbonyl (C=O) groups excluding carboxylic acids is 1. The predicted molar refractivity (Wildman–Crippen MR) is 52.7 cm³/mol. The molecule has 0 fully saturated rings. The molecule has 0 aliphatic heterocycles. The summed E-state index contributed by atoms with van der Waals surface area (Å²) in [5, 5.41) is 8.32. The highest BCUT2D eigenvalue weighted by atomic mass is 16.4. The first-order valence-electron chi connectivity index (χ1n) is 4.51. The predicted octanol–water partition coefficient (Wildman–Crippen LogP) is -0.175. The summed E-state index contributed by atoms with van der Waals surface area (Å²) in [5.41, 5.74) is 5.32. The minimum absolute atomic E-state index is 0.306. The molecular weight excluding hydrogens is 184 g/mol. The van der Waals surface area contributed by atoms with Crippen LogP contribution in [0.2, 0.25) is 0 Å². The van der Waals surface area contributed by atoms with E-state index in [1.165, 1.54) is 4.90 Å². The van der Waals surface area contributed by atoms with Gasteiger partial charge in [-0.2, -0.15) is 0 Å². The number of aliphatic carboxylic acids is 1. The van der Waals surface area contributed by atoms with Crippen molar-refractivity contribution < 1.29 is 14.7 Å². The highest BCUT2D eigenvalue weighted by Gasteiger charge is 2.07. The topological polar surface area (TPSA) is 83.6 Å². The van der Waals surface area contributed by atoms with Gasteiger partial charge in [0, 0.05) is 31.8 Å². The number of rotatable bonds is 6. The lowest BCUT2D eigenvalue weighted by molar-refractivity contribution is -0.132. The molecule has 1 amide bonds. The number of hydrogen-bond acceptors (Lipinski definition) is 3. The van der Waals surface area contributed by atoms with Crippen LogP contribution in [-0.2, 0) is 9.59 Å². The molecule has 0 aromatic carbocycles. The van der Waals surface area contributed by atoms with Crippen LogP contribution < -0.4 is 5.73 Å². The van der Waals surface area contributed by atoms with Gasteiger partial charge >= 0.3 is 5.97 Å². The van der Waals surface area contributed by atoms with Crippen molar-refractivity contribution in [2.24, 2.45) is 5.73 Å². The van der Waals surface area contributed by atoms with E-state index in [4.69, 9.17) is 10.8 Å². The van der Waals surface area contributed by atoms with Crippen LogP contribution in [0.25, 0.3) is 0 Å². The molecule has 0 aromatic heterocycles. The summed E-state index contributed by atoms with van der Waals surface area (Å²) in [5.74, 6) is -1.43. The van der Waals surface area contributed by atoms with Crippen LogP contribution in [0.4, 0.5) is 0 Å². The Bertz CT molecular complexity index is 220. The molecule has 0 bridgehead atoms. The number of carbonyl (C=O) groups is 2. The van der Waals surface area contributed by atoms with Crippen molar-refractivity contribution in [3.63, 3.8) is 0 Å². The van der Waals surface area contributed by atoms with Gasteiger partial charge in [-0.25, -0.2) is 4.79 Å². The van der Waals surface area contributed by atoms with Crippen molar-refractivity contribution in [3.05, 3.63) is 12.2 Å². The van der Waals surface area contributed by atoms with Crippen LogP contribution in [0.3, 0.4) is 0 Å². The molecule has 14 heavy (non-hydrogen) atoms. The molecule has 0 atom stereocenters. The summed E-state index contributed by atoms with van der Waals surface area (Å²) in [6.07, 6.45) is 2.71. The Morgan fingerprint density at radius 2 is 2.00 bits per heavy atom. The average Bonchev–Trinajstić information content (AvgIpc) is 2.14. The van der Waals surface area contributed by atoms with Crippen LogP contribution in [-0.4, -0.2) is 41.5 Å². The SMILES string of the molecule is CCCN(CCN)C(=O)/C=C\C(=O)O. The Balaban J connectivity index is 4.20. The van der Waals surface area contributed by atoms with E-state index in [1.54, 1.807) is 0 Å². The maximum atomic E-state index is 11.3. The standard InChI is InChI=1S/C9H16N2O3/c1-2-6-11(7-5-10)8(12)3-4-9(13)14/h3-4H,2,5-7,10H2,1H3,(H,13,14)/b4-3-. The first-order chi connectivity index (χ1) is 6.61. The highest BCUT2D eigenvalue weighted by Crippen LogP contribution is 1.93. The van der Waals surface area contributed by atoms with E-state index in [1.807, 2.05) is 6.92 Å². The van der Waals surface area contributed by atoms with Gasteiger partial charge < -0.3 is 15.7 Å². The molecule has 3 N–H and O–H groups in total. The number of hydrogen-bond donors (Lipinski definition) is 2. The van der Waals surface area contributed by atoms with Crippen LogP contribution in [0.1, 0.15) is 13.3 Å². The summed E-state index contributed by atoms with van der Waals surface area (Å²) in [7, 11) is 0. The lowest BCUT2D eigenvalue weighted by Gasteiger charge is -2.19. The summed E-state index contributed by atoms with van der Waals surface area (Å²) in [4.78, 5) is 23.0. The quantitative estimate of drug-likeness (QED) is 0.583. The van der Waals surface area contributed by atoms with Crippen LogP contribution in [0, 0.1) is 0 Å². The van der Waals surface area contributed by atoms with Crippen molar-refractivity contribution in [1.82, 2.24) is 4.90 Å². The van der Waals surface area contributed by atoms with Gasteiger partial charge in [0.15, 0.2) is 0 Å².